The Hall–Kier alpha value is -3.31. The molecule has 2 unspecified atom stereocenters. The van der Waals surface area contributed by atoms with Gasteiger partial charge < -0.3 is 15.0 Å². The number of rotatable bonds is 7. The maximum atomic E-state index is 13.2. The first kappa shape index (κ1) is 23.8. The Kier molecular flexibility index (Phi) is 7.53. The number of ether oxygens (including phenoxy) is 1. The zero-order valence-corrected chi connectivity index (χ0v) is 20.2. The van der Waals surface area contributed by atoms with Crippen LogP contribution in [0.4, 0.5) is 5.69 Å². The van der Waals surface area contributed by atoms with Crippen molar-refractivity contribution in [2.45, 2.75) is 51.8 Å². The lowest BCUT2D eigenvalue weighted by Crippen LogP contribution is -2.38. The summed E-state index contributed by atoms with van der Waals surface area (Å²) in [7, 11) is 0. The molecule has 1 aliphatic rings. The highest BCUT2D eigenvalue weighted by molar-refractivity contribution is 6.31. The van der Waals surface area contributed by atoms with Crippen molar-refractivity contribution >= 4 is 29.1 Å². The van der Waals surface area contributed by atoms with Crippen molar-refractivity contribution in [3.05, 3.63) is 94.5 Å². The van der Waals surface area contributed by atoms with Crippen molar-refractivity contribution in [1.29, 1.82) is 0 Å². The number of carbonyl (C=O) groups is 2. The summed E-state index contributed by atoms with van der Waals surface area (Å²) in [5, 5.41) is 3.68. The molecule has 6 heteroatoms. The fraction of sp³-hybridized carbons (Fsp3) is 0.286. The second kappa shape index (κ2) is 10.7. The van der Waals surface area contributed by atoms with E-state index in [1.165, 1.54) is 0 Å². The fourth-order valence-electron chi connectivity index (χ4n) is 4.30. The van der Waals surface area contributed by atoms with Crippen molar-refractivity contribution in [1.82, 2.24) is 4.90 Å². The molecule has 0 radical (unpaired) electrons. The first-order chi connectivity index (χ1) is 16.5. The lowest BCUT2D eigenvalue weighted by atomic mass is 9.95. The number of fused-ring (bicyclic) bond motifs is 1. The Balaban J connectivity index is 1.58. The van der Waals surface area contributed by atoms with Crippen LogP contribution >= 0.6 is 11.6 Å². The quantitative estimate of drug-likeness (QED) is 0.443. The molecule has 1 heterocycles. The highest BCUT2D eigenvalue weighted by Gasteiger charge is 2.30. The van der Waals surface area contributed by atoms with Crippen molar-refractivity contribution < 1.29 is 14.3 Å². The minimum atomic E-state index is -0.563. The summed E-state index contributed by atoms with van der Waals surface area (Å²) in [6, 6.07) is 22.9. The molecule has 0 fully saturated rings. The average Bonchev–Trinajstić information content (AvgIpc) is 2.97. The van der Waals surface area contributed by atoms with Gasteiger partial charge in [-0.15, -0.1) is 0 Å². The van der Waals surface area contributed by atoms with E-state index in [4.69, 9.17) is 16.3 Å². The summed E-state index contributed by atoms with van der Waals surface area (Å²) < 4.78 is 6.08. The smallest absolute Gasteiger partial charge is 0.264 e. The first-order valence-corrected chi connectivity index (χ1v) is 12.1. The molecule has 0 bridgehead atoms. The lowest BCUT2D eigenvalue weighted by molar-refractivity contribution is -0.139. The number of anilines is 1. The lowest BCUT2D eigenvalue weighted by Gasteiger charge is -2.23. The molecule has 34 heavy (non-hydrogen) atoms. The largest absolute Gasteiger partial charge is 0.480 e. The molecule has 2 atom stereocenters. The van der Waals surface area contributed by atoms with Crippen molar-refractivity contribution in [2.75, 3.05) is 5.32 Å². The van der Waals surface area contributed by atoms with Crippen LogP contribution in [0.5, 0.6) is 5.75 Å². The molecule has 3 aromatic rings. The molecular weight excluding hydrogens is 448 g/mol. The first-order valence-electron chi connectivity index (χ1n) is 11.7. The minimum Gasteiger partial charge on any atom is -0.480 e. The number of hydrogen-bond donors (Lipinski definition) is 1. The zero-order valence-electron chi connectivity index (χ0n) is 19.5. The standard InChI is InChI=1S/C28H29ClN2O3/c1-3-23(19-10-6-5-7-11-19)27(32)30-22-14-15-26-21(16-22)18-31(28(33)25(4-2)34-26)17-20-12-8-9-13-24(20)29/h5-16,23,25H,3-4,17-18H2,1-2H3,(H,30,32). The van der Waals surface area contributed by atoms with Crippen LogP contribution in [0.3, 0.4) is 0 Å². The van der Waals surface area contributed by atoms with Crippen LogP contribution in [0.15, 0.2) is 72.8 Å². The van der Waals surface area contributed by atoms with Gasteiger partial charge in [0.05, 0.1) is 5.92 Å². The van der Waals surface area contributed by atoms with E-state index in [0.29, 0.717) is 42.4 Å². The average molecular weight is 477 g/mol. The van der Waals surface area contributed by atoms with Gasteiger partial charge in [-0.1, -0.05) is 74.0 Å². The van der Waals surface area contributed by atoms with Crippen LogP contribution in [-0.4, -0.2) is 22.8 Å². The van der Waals surface area contributed by atoms with Crippen LogP contribution in [0.1, 0.15) is 49.3 Å². The normalized spacial score (nSPS) is 16.3. The monoisotopic (exact) mass is 476 g/mol. The SMILES string of the molecule is CCC1Oc2ccc(NC(=O)C(CC)c3ccccc3)cc2CN(Cc2ccccc2Cl)C1=O. The zero-order chi connectivity index (χ0) is 24.1. The molecule has 0 spiro atoms. The summed E-state index contributed by atoms with van der Waals surface area (Å²) in [5.74, 6) is 0.298. The Morgan fingerprint density at radius 2 is 1.82 bits per heavy atom. The molecule has 2 amide bonds. The summed E-state index contributed by atoms with van der Waals surface area (Å²) >= 11 is 6.36. The Morgan fingerprint density at radius 1 is 1.09 bits per heavy atom. The van der Waals surface area contributed by atoms with Gasteiger partial charge in [0, 0.05) is 29.4 Å². The number of hydrogen-bond acceptors (Lipinski definition) is 3. The molecular formula is C28H29ClN2O3. The number of halogens is 1. The van der Waals surface area contributed by atoms with Crippen molar-refractivity contribution in [3.63, 3.8) is 0 Å². The fourth-order valence-corrected chi connectivity index (χ4v) is 4.49. The highest BCUT2D eigenvalue weighted by Crippen LogP contribution is 2.31. The van der Waals surface area contributed by atoms with Gasteiger partial charge in [0.1, 0.15) is 5.75 Å². The van der Waals surface area contributed by atoms with E-state index in [1.54, 1.807) is 4.90 Å². The molecule has 1 aliphatic heterocycles. The summed E-state index contributed by atoms with van der Waals surface area (Å²) in [6.07, 6.45) is 0.694. The van der Waals surface area contributed by atoms with Crippen LogP contribution in [0.25, 0.3) is 0 Å². The predicted molar refractivity (Wildman–Crippen MR) is 135 cm³/mol. The second-order valence-corrected chi connectivity index (χ2v) is 8.89. The van der Waals surface area contributed by atoms with E-state index in [-0.39, 0.29) is 17.7 Å². The maximum Gasteiger partial charge on any atom is 0.264 e. The number of amides is 2. The van der Waals surface area contributed by atoms with Crippen molar-refractivity contribution in [3.8, 4) is 5.75 Å². The van der Waals surface area contributed by atoms with E-state index >= 15 is 0 Å². The molecule has 0 saturated heterocycles. The van der Waals surface area contributed by atoms with E-state index in [9.17, 15) is 9.59 Å². The molecule has 5 nitrogen and oxygen atoms in total. The van der Waals surface area contributed by atoms with E-state index in [1.807, 2.05) is 86.6 Å². The number of nitrogens with zero attached hydrogens (tertiary/aromatic N) is 1. The molecule has 3 aromatic carbocycles. The van der Waals surface area contributed by atoms with Gasteiger partial charge in [0.2, 0.25) is 5.91 Å². The van der Waals surface area contributed by atoms with Gasteiger partial charge in [-0.3, -0.25) is 9.59 Å². The van der Waals surface area contributed by atoms with Crippen LogP contribution in [-0.2, 0) is 22.7 Å². The number of nitrogens with one attached hydrogen (secondary N) is 1. The van der Waals surface area contributed by atoms with Gasteiger partial charge >= 0.3 is 0 Å². The van der Waals surface area contributed by atoms with Crippen LogP contribution < -0.4 is 10.1 Å². The molecule has 4 rings (SSSR count). The number of benzene rings is 3. The third-order valence-corrected chi connectivity index (χ3v) is 6.53. The molecule has 0 saturated carbocycles. The van der Waals surface area contributed by atoms with Gasteiger partial charge in [-0.2, -0.15) is 0 Å². The van der Waals surface area contributed by atoms with Gasteiger partial charge in [-0.25, -0.2) is 0 Å². The van der Waals surface area contributed by atoms with Crippen molar-refractivity contribution in [2.24, 2.45) is 0 Å². The van der Waals surface area contributed by atoms with Gasteiger partial charge in [0.25, 0.3) is 5.91 Å². The van der Waals surface area contributed by atoms with Gasteiger partial charge in [-0.05, 0) is 48.2 Å². The van der Waals surface area contributed by atoms with Crippen LogP contribution in [0, 0.1) is 0 Å². The van der Waals surface area contributed by atoms with E-state index in [0.717, 1.165) is 16.7 Å². The van der Waals surface area contributed by atoms with E-state index < -0.39 is 6.10 Å². The van der Waals surface area contributed by atoms with Gasteiger partial charge in [0.15, 0.2) is 6.10 Å². The Morgan fingerprint density at radius 3 is 2.53 bits per heavy atom. The molecule has 1 N–H and O–H groups in total. The van der Waals surface area contributed by atoms with Crippen LogP contribution in [0.2, 0.25) is 5.02 Å². The maximum absolute atomic E-state index is 13.2. The minimum absolute atomic E-state index is 0.0568. The summed E-state index contributed by atoms with van der Waals surface area (Å²) in [5.41, 5.74) is 3.40. The molecule has 0 aliphatic carbocycles. The second-order valence-electron chi connectivity index (χ2n) is 8.48. The van der Waals surface area contributed by atoms with E-state index in [2.05, 4.69) is 5.32 Å². The summed E-state index contributed by atoms with van der Waals surface area (Å²) in [6.45, 7) is 4.70. The molecule has 0 aromatic heterocycles. The Bertz CT molecular complexity index is 1170. The topological polar surface area (TPSA) is 58.6 Å². The third-order valence-electron chi connectivity index (χ3n) is 6.16. The highest BCUT2D eigenvalue weighted by atomic mass is 35.5. The number of carbonyl (C=O) groups excluding carboxylic acids is 2. The Labute approximate surface area is 205 Å². The summed E-state index contributed by atoms with van der Waals surface area (Å²) in [4.78, 5) is 28.0. The third kappa shape index (κ3) is 5.26. The molecule has 176 valence electrons. The predicted octanol–water partition coefficient (Wildman–Crippen LogP) is 6.17.